The van der Waals surface area contributed by atoms with Crippen LogP contribution < -0.4 is 4.72 Å². The SMILES string of the molecule is Cc1cc(C(C)NS(=O)(=O)c2ccc(CO)cc2)c(C)o1. The molecule has 0 aliphatic heterocycles. The number of aliphatic hydroxyl groups excluding tert-OH is 1. The third-order valence-corrected chi connectivity index (χ3v) is 4.85. The molecule has 0 amide bonds. The van der Waals surface area contributed by atoms with Crippen LogP contribution in [0.1, 0.15) is 35.6 Å². The summed E-state index contributed by atoms with van der Waals surface area (Å²) >= 11 is 0. The average Bonchev–Trinajstić information content (AvgIpc) is 2.77. The lowest BCUT2D eigenvalue weighted by Gasteiger charge is -2.14. The molecule has 2 aromatic rings. The molecule has 0 spiro atoms. The van der Waals surface area contributed by atoms with Gasteiger partial charge in [-0.2, -0.15) is 0 Å². The summed E-state index contributed by atoms with van der Waals surface area (Å²) in [6.45, 7) is 5.29. The molecule has 2 rings (SSSR count). The highest BCUT2D eigenvalue weighted by molar-refractivity contribution is 7.89. The predicted octanol–water partition coefficient (Wildman–Crippen LogP) is 2.43. The minimum atomic E-state index is -3.61. The van der Waals surface area contributed by atoms with E-state index in [1.54, 1.807) is 19.1 Å². The molecule has 0 fully saturated rings. The van der Waals surface area contributed by atoms with Gasteiger partial charge in [0.15, 0.2) is 0 Å². The maximum atomic E-state index is 12.3. The molecule has 1 heterocycles. The van der Waals surface area contributed by atoms with Gasteiger partial charge in [-0.05, 0) is 44.5 Å². The fourth-order valence-electron chi connectivity index (χ4n) is 2.22. The van der Waals surface area contributed by atoms with E-state index in [0.29, 0.717) is 11.3 Å². The topological polar surface area (TPSA) is 79.5 Å². The molecule has 6 heteroatoms. The Kier molecular flexibility index (Phi) is 4.51. The largest absolute Gasteiger partial charge is 0.466 e. The number of hydrogen-bond acceptors (Lipinski definition) is 4. The van der Waals surface area contributed by atoms with Gasteiger partial charge in [-0.15, -0.1) is 0 Å². The van der Waals surface area contributed by atoms with Gasteiger partial charge in [0.1, 0.15) is 11.5 Å². The summed E-state index contributed by atoms with van der Waals surface area (Å²) in [7, 11) is -3.61. The van der Waals surface area contributed by atoms with Crippen molar-refractivity contribution in [3.8, 4) is 0 Å². The Hall–Kier alpha value is -1.63. The van der Waals surface area contributed by atoms with Crippen molar-refractivity contribution in [3.63, 3.8) is 0 Å². The predicted molar refractivity (Wildman–Crippen MR) is 79.3 cm³/mol. The molecule has 0 bridgehead atoms. The molecule has 1 aromatic heterocycles. The van der Waals surface area contributed by atoms with E-state index in [4.69, 9.17) is 9.52 Å². The van der Waals surface area contributed by atoms with Gasteiger partial charge in [-0.1, -0.05) is 12.1 Å². The van der Waals surface area contributed by atoms with Gasteiger partial charge in [0.05, 0.1) is 11.5 Å². The van der Waals surface area contributed by atoms with Gasteiger partial charge in [-0.25, -0.2) is 13.1 Å². The van der Waals surface area contributed by atoms with Crippen LogP contribution in [0.5, 0.6) is 0 Å². The van der Waals surface area contributed by atoms with Crippen LogP contribution in [-0.2, 0) is 16.6 Å². The van der Waals surface area contributed by atoms with Crippen LogP contribution in [0.25, 0.3) is 0 Å². The lowest BCUT2D eigenvalue weighted by Crippen LogP contribution is -2.27. The monoisotopic (exact) mass is 309 g/mol. The summed E-state index contributed by atoms with van der Waals surface area (Å²) in [5.41, 5.74) is 1.49. The van der Waals surface area contributed by atoms with E-state index in [9.17, 15) is 8.42 Å². The molecule has 0 saturated heterocycles. The number of hydrogen-bond donors (Lipinski definition) is 2. The van der Waals surface area contributed by atoms with E-state index >= 15 is 0 Å². The number of rotatable bonds is 5. The van der Waals surface area contributed by atoms with Crippen molar-refractivity contribution in [2.24, 2.45) is 0 Å². The summed E-state index contributed by atoms with van der Waals surface area (Å²) in [6, 6.07) is 7.59. The molecule has 114 valence electrons. The van der Waals surface area contributed by atoms with Crippen LogP contribution in [0.2, 0.25) is 0 Å². The third kappa shape index (κ3) is 3.53. The summed E-state index contributed by atoms with van der Waals surface area (Å²) in [6.07, 6.45) is 0. The first-order chi connectivity index (χ1) is 9.83. The average molecular weight is 309 g/mol. The normalized spacial score (nSPS) is 13.3. The van der Waals surface area contributed by atoms with Crippen LogP contribution >= 0.6 is 0 Å². The minimum absolute atomic E-state index is 0.113. The van der Waals surface area contributed by atoms with Crippen LogP contribution in [0, 0.1) is 13.8 Å². The number of furan rings is 1. The first-order valence-electron chi connectivity index (χ1n) is 6.62. The van der Waals surface area contributed by atoms with E-state index in [1.807, 2.05) is 19.9 Å². The zero-order valence-corrected chi connectivity index (χ0v) is 13.1. The van der Waals surface area contributed by atoms with Gasteiger partial charge in [-0.3, -0.25) is 0 Å². The summed E-state index contributed by atoms with van der Waals surface area (Å²) < 4.78 is 32.7. The minimum Gasteiger partial charge on any atom is -0.466 e. The molecule has 21 heavy (non-hydrogen) atoms. The van der Waals surface area contributed by atoms with E-state index in [2.05, 4.69) is 4.72 Å². The maximum Gasteiger partial charge on any atom is 0.241 e. The lowest BCUT2D eigenvalue weighted by molar-refractivity contribution is 0.282. The molecule has 2 N–H and O–H groups in total. The first kappa shape index (κ1) is 15.8. The second kappa shape index (κ2) is 6.01. The molecular weight excluding hydrogens is 290 g/mol. The number of aliphatic hydroxyl groups is 1. The van der Waals surface area contributed by atoms with E-state index in [0.717, 1.165) is 11.3 Å². The quantitative estimate of drug-likeness (QED) is 0.889. The highest BCUT2D eigenvalue weighted by Gasteiger charge is 2.21. The first-order valence-corrected chi connectivity index (χ1v) is 8.11. The molecule has 0 aliphatic carbocycles. The Balaban J connectivity index is 2.22. The Morgan fingerprint density at radius 1 is 1.24 bits per heavy atom. The van der Waals surface area contributed by atoms with E-state index in [-0.39, 0.29) is 17.5 Å². The Morgan fingerprint density at radius 3 is 2.33 bits per heavy atom. The summed E-state index contributed by atoms with van der Waals surface area (Å²) in [4.78, 5) is 0.171. The fourth-order valence-corrected chi connectivity index (χ4v) is 3.44. The molecule has 1 aromatic carbocycles. The van der Waals surface area contributed by atoms with E-state index < -0.39 is 10.0 Å². The van der Waals surface area contributed by atoms with Gasteiger partial charge in [0.25, 0.3) is 0 Å². The Bertz CT molecular complexity index is 717. The van der Waals surface area contributed by atoms with E-state index in [1.165, 1.54) is 12.1 Å². The van der Waals surface area contributed by atoms with Crippen molar-refractivity contribution in [2.75, 3.05) is 0 Å². The van der Waals surface area contributed by atoms with Gasteiger partial charge < -0.3 is 9.52 Å². The summed E-state index contributed by atoms with van der Waals surface area (Å²) in [5.74, 6) is 1.46. The van der Waals surface area contributed by atoms with Gasteiger partial charge in [0, 0.05) is 11.6 Å². The molecule has 1 atom stereocenters. The molecule has 0 radical (unpaired) electrons. The molecular formula is C15H19NO4S. The van der Waals surface area contributed by atoms with Crippen LogP contribution in [-0.4, -0.2) is 13.5 Å². The Labute approximate surface area is 124 Å². The molecule has 0 aliphatic rings. The van der Waals surface area contributed by atoms with Crippen molar-refractivity contribution in [1.82, 2.24) is 4.72 Å². The van der Waals surface area contributed by atoms with Crippen molar-refractivity contribution < 1.29 is 17.9 Å². The summed E-state index contributed by atoms with van der Waals surface area (Å²) in [5, 5.41) is 8.98. The number of benzene rings is 1. The Morgan fingerprint density at radius 2 is 1.86 bits per heavy atom. The molecule has 5 nitrogen and oxygen atoms in total. The van der Waals surface area contributed by atoms with Crippen LogP contribution in [0.4, 0.5) is 0 Å². The maximum absolute atomic E-state index is 12.3. The van der Waals surface area contributed by atoms with Crippen molar-refractivity contribution >= 4 is 10.0 Å². The van der Waals surface area contributed by atoms with Crippen LogP contribution in [0.15, 0.2) is 39.6 Å². The number of sulfonamides is 1. The smallest absolute Gasteiger partial charge is 0.241 e. The second-order valence-corrected chi connectivity index (χ2v) is 6.73. The second-order valence-electron chi connectivity index (χ2n) is 5.01. The van der Waals surface area contributed by atoms with Crippen molar-refractivity contribution in [3.05, 3.63) is 53.0 Å². The van der Waals surface area contributed by atoms with Crippen LogP contribution in [0.3, 0.4) is 0 Å². The highest BCUT2D eigenvalue weighted by Crippen LogP contribution is 2.23. The zero-order chi connectivity index (χ0) is 15.6. The fraction of sp³-hybridized carbons (Fsp3) is 0.333. The standard InChI is InChI=1S/C15H19NO4S/c1-10-8-15(12(3)20-10)11(2)16-21(18,19)14-6-4-13(9-17)5-7-14/h4-8,11,16-17H,9H2,1-3H3. The zero-order valence-electron chi connectivity index (χ0n) is 12.3. The number of nitrogens with one attached hydrogen (secondary N) is 1. The lowest BCUT2D eigenvalue weighted by atomic mass is 10.1. The van der Waals surface area contributed by atoms with Gasteiger partial charge >= 0.3 is 0 Å². The molecule has 0 saturated carbocycles. The highest BCUT2D eigenvalue weighted by atomic mass is 32.2. The number of aryl methyl sites for hydroxylation is 2. The van der Waals surface area contributed by atoms with Crippen molar-refractivity contribution in [2.45, 2.75) is 38.3 Å². The van der Waals surface area contributed by atoms with Gasteiger partial charge in [0.2, 0.25) is 10.0 Å². The third-order valence-electron chi connectivity index (χ3n) is 3.29. The van der Waals surface area contributed by atoms with Crippen molar-refractivity contribution in [1.29, 1.82) is 0 Å². The molecule has 1 unspecified atom stereocenters.